The van der Waals surface area contributed by atoms with Crippen LogP contribution in [0.1, 0.15) is 34.0 Å². The molecule has 4 nitrogen and oxygen atoms in total. The van der Waals surface area contributed by atoms with Crippen LogP contribution in [0.15, 0.2) is 22.8 Å². The summed E-state index contributed by atoms with van der Waals surface area (Å²) in [5, 5.41) is 0.895. The van der Waals surface area contributed by atoms with E-state index in [0.29, 0.717) is 18.7 Å². The lowest BCUT2D eigenvalue weighted by molar-refractivity contribution is 0.0968. The van der Waals surface area contributed by atoms with E-state index < -0.39 is 0 Å². The van der Waals surface area contributed by atoms with Gasteiger partial charge in [0.2, 0.25) is 0 Å². The van der Waals surface area contributed by atoms with Gasteiger partial charge in [-0.05, 0) is 25.0 Å². The van der Waals surface area contributed by atoms with Crippen molar-refractivity contribution in [2.75, 3.05) is 11.9 Å². The van der Waals surface area contributed by atoms with Gasteiger partial charge in [-0.25, -0.2) is 4.98 Å². The molecule has 0 radical (unpaired) electrons. The van der Waals surface area contributed by atoms with Crippen molar-refractivity contribution in [3.8, 4) is 0 Å². The van der Waals surface area contributed by atoms with E-state index in [1.807, 2.05) is 24.1 Å². The molecule has 0 N–H and O–H groups in total. The van der Waals surface area contributed by atoms with Crippen molar-refractivity contribution in [2.45, 2.75) is 25.8 Å². The van der Waals surface area contributed by atoms with Gasteiger partial charge in [-0.1, -0.05) is 0 Å². The van der Waals surface area contributed by atoms with Crippen LogP contribution < -0.4 is 4.90 Å². The average Bonchev–Trinajstić information content (AvgIpc) is 2.97. The minimum atomic E-state index is 0.185. The number of furan rings is 1. The highest BCUT2D eigenvalue weighted by Gasteiger charge is 2.23. The van der Waals surface area contributed by atoms with Crippen LogP contribution in [-0.2, 0) is 13.0 Å². The first kappa shape index (κ1) is 11.5. The Morgan fingerprint density at radius 1 is 1.50 bits per heavy atom. The molecule has 0 fully saturated rings. The van der Waals surface area contributed by atoms with Gasteiger partial charge in [-0.2, -0.15) is 0 Å². The van der Waals surface area contributed by atoms with Crippen molar-refractivity contribution in [3.63, 3.8) is 0 Å². The molecule has 0 atom stereocenters. The second-order valence-corrected chi connectivity index (χ2v) is 5.54. The number of hydrogen-bond acceptors (Lipinski definition) is 5. The molecule has 3 rings (SSSR count). The van der Waals surface area contributed by atoms with Gasteiger partial charge in [0.05, 0.1) is 12.8 Å². The largest absolute Gasteiger partial charge is 0.467 e. The summed E-state index contributed by atoms with van der Waals surface area (Å²) in [6, 6.07) is 3.81. The van der Waals surface area contributed by atoms with Crippen molar-refractivity contribution >= 4 is 22.3 Å². The second-order valence-electron chi connectivity index (χ2n) is 4.48. The van der Waals surface area contributed by atoms with Crippen LogP contribution in [0, 0.1) is 0 Å². The molecule has 0 amide bonds. The number of aromatic nitrogens is 1. The third kappa shape index (κ3) is 2.06. The van der Waals surface area contributed by atoms with Crippen LogP contribution in [0.4, 0.5) is 5.13 Å². The minimum Gasteiger partial charge on any atom is -0.467 e. The molecule has 18 heavy (non-hydrogen) atoms. The van der Waals surface area contributed by atoms with E-state index in [-0.39, 0.29) is 5.78 Å². The molecule has 1 aliphatic carbocycles. The lowest BCUT2D eigenvalue weighted by Gasteiger charge is -2.13. The lowest BCUT2D eigenvalue weighted by atomic mass is 10.0. The molecule has 1 aliphatic rings. The fourth-order valence-corrected chi connectivity index (χ4v) is 3.20. The van der Waals surface area contributed by atoms with Gasteiger partial charge in [-0.15, -0.1) is 11.3 Å². The van der Waals surface area contributed by atoms with Crippen LogP contribution in [0.2, 0.25) is 0 Å². The summed E-state index contributed by atoms with van der Waals surface area (Å²) in [5.41, 5.74) is 0.688. The maximum Gasteiger partial charge on any atom is 0.186 e. The van der Waals surface area contributed by atoms with Gasteiger partial charge in [0, 0.05) is 18.3 Å². The standard InChI is InChI=1S/C13H14N2O2S/c1-15(8-9-4-3-7-17-9)13-14-12-10(16)5-2-6-11(12)18-13/h3-4,7H,2,5-6,8H2,1H3. The Hall–Kier alpha value is -1.62. The highest BCUT2D eigenvalue weighted by atomic mass is 32.1. The number of nitrogens with zero attached hydrogens (tertiary/aromatic N) is 2. The predicted molar refractivity (Wildman–Crippen MR) is 70.2 cm³/mol. The van der Waals surface area contributed by atoms with Crippen LogP contribution in [0.25, 0.3) is 0 Å². The Morgan fingerprint density at radius 3 is 3.11 bits per heavy atom. The first-order valence-corrected chi connectivity index (χ1v) is 6.82. The molecule has 2 aromatic heterocycles. The van der Waals surface area contributed by atoms with E-state index in [0.717, 1.165) is 28.6 Å². The number of ketones is 1. The lowest BCUT2D eigenvalue weighted by Crippen LogP contribution is -2.16. The minimum absolute atomic E-state index is 0.185. The molecule has 0 aliphatic heterocycles. The van der Waals surface area contributed by atoms with Crippen molar-refractivity contribution in [1.82, 2.24) is 4.98 Å². The van der Waals surface area contributed by atoms with Gasteiger partial charge in [-0.3, -0.25) is 4.79 Å². The maximum atomic E-state index is 11.7. The first-order chi connectivity index (χ1) is 8.74. The molecule has 5 heteroatoms. The molecule has 0 saturated heterocycles. The first-order valence-electron chi connectivity index (χ1n) is 6.00. The molecule has 94 valence electrons. The van der Waals surface area contributed by atoms with E-state index in [4.69, 9.17) is 4.42 Å². The zero-order valence-corrected chi connectivity index (χ0v) is 11.0. The van der Waals surface area contributed by atoms with Gasteiger partial charge in [0.15, 0.2) is 10.9 Å². The average molecular weight is 262 g/mol. The van der Waals surface area contributed by atoms with E-state index in [1.54, 1.807) is 17.6 Å². The van der Waals surface area contributed by atoms with Crippen LogP contribution in [0.3, 0.4) is 0 Å². The van der Waals surface area contributed by atoms with E-state index in [1.165, 1.54) is 0 Å². The Labute approximate surface area is 109 Å². The van der Waals surface area contributed by atoms with Crippen LogP contribution in [-0.4, -0.2) is 17.8 Å². The summed E-state index contributed by atoms with van der Waals surface area (Å²) >= 11 is 1.62. The van der Waals surface area contributed by atoms with E-state index in [9.17, 15) is 4.79 Å². The zero-order chi connectivity index (χ0) is 12.5. The second kappa shape index (κ2) is 4.57. The number of fused-ring (bicyclic) bond motifs is 1. The number of hydrogen-bond donors (Lipinski definition) is 0. The molecule has 0 spiro atoms. The Kier molecular flexibility index (Phi) is 2.91. The van der Waals surface area contributed by atoms with E-state index >= 15 is 0 Å². The van der Waals surface area contributed by atoms with Crippen LogP contribution >= 0.6 is 11.3 Å². The molecule has 0 unspecified atom stereocenters. The number of rotatable bonds is 3. The van der Waals surface area contributed by atoms with Gasteiger partial charge in [0.25, 0.3) is 0 Å². The third-order valence-corrected chi connectivity index (χ3v) is 4.29. The Balaban J connectivity index is 1.82. The summed E-state index contributed by atoms with van der Waals surface area (Å²) in [4.78, 5) is 19.4. The summed E-state index contributed by atoms with van der Waals surface area (Å²) in [7, 11) is 1.97. The molecule has 0 aromatic carbocycles. The molecule has 2 heterocycles. The number of carbonyl (C=O) groups is 1. The Bertz CT molecular complexity index is 560. The monoisotopic (exact) mass is 262 g/mol. The summed E-state index contributed by atoms with van der Waals surface area (Å²) in [6.45, 7) is 0.674. The zero-order valence-electron chi connectivity index (χ0n) is 10.2. The van der Waals surface area contributed by atoms with Gasteiger partial charge in [0.1, 0.15) is 11.5 Å². The maximum absolute atomic E-state index is 11.7. The quantitative estimate of drug-likeness (QED) is 0.853. The smallest absolute Gasteiger partial charge is 0.186 e. The summed E-state index contributed by atoms with van der Waals surface area (Å²) < 4.78 is 5.32. The van der Waals surface area contributed by atoms with Crippen molar-refractivity contribution in [2.24, 2.45) is 0 Å². The highest BCUT2D eigenvalue weighted by Crippen LogP contribution is 2.31. The Morgan fingerprint density at radius 2 is 2.39 bits per heavy atom. The fourth-order valence-electron chi connectivity index (χ4n) is 2.12. The molecular formula is C13H14N2O2S. The molecule has 0 bridgehead atoms. The van der Waals surface area contributed by atoms with Crippen molar-refractivity contribution in [1.29, 1.82) is 0 Å². The van der Waals surface area contributed by atoms with Gasteiger partial charge < -0.3 is 9.32 Å². The van der Waals surface area contributed by atoms with Gasteiger partial charge >= 0.3 is 0 Å². The summed E-state index contributed by atoms with van der Waals surface area (Å²) in [6.07, 6.45) is 4.24. The van der Waals surface area contributed by atoms with Crippen LogP contribution in [0.5, 0.6) is 0 Å². The summed E-state index contributed by atoms with van der Waals surface area (Å²) in [5.74, 6) is 1.09. The number of aryl methyl sites for hydroxylation is 1. The van der Waals surface area contributed by atoms with E-state index in [2.05, 4.69) is 4.98 Å². The molecule has 0 saturated carbocycles. The third-order valence-electron chi connectivity index (χ3n) is 3.06. The van der Waals surface area contributed by atoms with Crippen molar-refractivity contribution in [3.05, 3.63) is 34.7 Å². The highest BCUT2D eigenvalue weighted by molar-refractivity contribution is 7.15. The topological polar surface area (TPSA) is 46.3 Å². The predicted octanol–water partition coefficient (Wildman–Crippen LogP) is 2.89. The fraction of sp³-hybridized carbons (Fsp3) is 0.385. The number of carbonyl (C=O) groups excluding carboxylic acids is 1. The molecule has 2 aromatic rings. The van der Waals surface area contributed by atoms with Crippen molar-refractivity contribution < 1.29 is 9.21 Å². The number of thiazole rings is 1. The molecular weight excluding hydrogens is 248 g/mol. The number of anilines is 1. The normalized spacial score (nSPS) is 14.6. The SMILES string of the molecule is CN(Cc1ccco1)c1nc2c(s1)CCCC2=O. The number of Topliss-reactive ketones (excluding diaryl/α,β-unsaturated/α-hetero) is 1.